The molecule has 0 saturated carbocycles. The highest BCUT2D eigenvalue weighted by Crippen LogP contribution is 2.40. The second-order valence-electron chi connectivity index (χ2n) is 7.43. The number of nitrogens with zero attached hydrogens (tertiary/aromatic N) is 3. The minimum absolute atomic E-state index is 0.768. The van der Waals surface area contributed by atoms with Crippen LogP contribution in [-0.4, -0.2) is 9.97 Å². The number of hydrogen-bond acceptors (Lipinski definition) is 3. The first-order valence-corrected chi connectivity index (χ1v) is 12.1. The summed E-state index contributed by atoms with van der Waals surface area (Å²) in [4.78, 5) is 11.5. The summed E-state index contributed by atoms with van der Waals surface area (Å²) < 4.78 is 1.54. The molecule has 0 N–H and O–H groups in total. The Morgan fingerprint density at radius 2 is 0.970 bits per heavy atom. The third kappa shape index (κ3) is 4.75. The van der Waals surface area contributed by atoms with Gasteiger partial charge in [0.15, 0.2) is 0 Å². The molecule has 0 atom stereocenters. The number of aromatic nitrogens is 2. The van der Waals surface area contributed by atoms with Gasteiger partial charge in [0.25, 0.3) is 0 Å². The first-order chi connectivity index (χ1) is 16.2. The van der Waals surface area contributed by atoms with E-state index in [1.54, 1.807) is 0 Å². The molecule has 5 rings (SSSR count). The van der Waals surface area contributed by atoms with E-state index >= 15 is 0 Å². The highest BCUT2D eigenvalue weighted by molar-refractivity contribution is 9.10. The van der Waals surface area contributed by atoms with E-state index in [2.05, 4.69) is 103 Å². The predicted molar refractivity (Wildman–Crippen MR) is 143 cm³/mol. The highest BCUT2D eigenvalue weighted by Gasteiger charge is 2.19. The molecule has 0 radical (unpaired) electrons. The quantitative estimate of drug-likeness (QED) is 0.202. The number of pyridine rings is 2. The standard InChI is InChI=1S/C28H19Br2N3/c29-25-12-6-14-27(31-25)33(28-15-7-13-26(30)32-28)24-11-5-4-10-23(24)22-18-16-21(17-19-22)20-8-2-1-3-9-20/h1-19H. The SMILES string of the molecule is Brc1cccc(N(c2cccc(Br)n2)c2ccccc2-c2ccc(-c3ccccc3)cc2)n1. The fourth-order valence-electron chi connectivity index (χ4n) is 3.79. The van der Waals surface area contributed by atoms with Crippen molar-refractivity contribution in [3.63, 3.8) is 0 Å². The lowest BCUT2D eigenvalue weighted by atomic mass is 9.99. The van der Waals surface area contributed by atoms with Crippen LogP contribution in [0.5, 0.6) is 0 Å². The molecule has 3 nitrogen and oxygen atoms in total. The van der Waals surface area contributed by atoms with E-state index in [0.29, 0.717) is 0 Å². The minimum Gasteiger partial charge on any atom is -0.278 e. The third-order valence-corrected chi connectivity index (χ3v) is 6.19. The van der Waals surface area contributed by atoms with E-state index in [-0.39, 0.29) is 0 Å². The summed E-state index contributed by atoms with van der Waals surface area (Å²) in [7, 11) is 0. The van der Waals surface area contributed by atoms with Crippen molar-refractivity contribution in [3.8, 4) is 22.3 Å². The van der Waals surface area contributed by atoms with Crippen LogP contribution in [0.25, 0.3) is 22.3 Å². The van der Waals surface area contributed by atoms with E-state index in [9.17, 15) is 0 Å². The van der Waals surface area contributed by atoms with Gasteiger partial charge in [-0.2, -0.15) is 0 Å². The Balaban J connectivity index is 1.64. The number of para-hydroxylation sites is 1. The lowest BCUT2D eigenvalue weighted by molar-refractivity contribution is 1.10. The van der Waals surface area contributed by atoms with Crippen LogP contribution in [0.15, 0.2) is 124 Å². The van der Waals surface area contributed by atoms with Crippen molar-refractivity contribution < 1.29 is 0 Å². The summed E-state index contributed by atoms with van der Waals surface area (Å²) >= 11 is 7.03. The molecule has 0 aliphatic rings. The van der Waals surface area contributed by atoms with E-state index in [0.717, 1.165) is 37.7 Å². The van der Waals surface area contributed by atoms with Gasteiger partial charge in [0.05, 0.1) is 5.69 Å². The second-order valence-corrected chi connectivity index (χ2v) is 9.06. The van der Waals surface area contributed by atoms with Crippen LogP contribution >= 0.6 is 31.9 Å². The molecule has 0 unspecified atom stereocenters. The average Bonchev–Trinajstić information content (AvgIpc) is 2.85. The van der Waals surface area contributed by atoms with Crippen molar-refractivity contribution in [2.24, 2.45) is 0 Å². The molecular weight excluding hydrogens is 538 g/mol. The fourth-order valence-corrected chi connectivity index (χ4v) is 4.46. The number of benzene rings is 3. The molecule has 3 aromatic carbocycles. The summed E-state index contributed by atoms with van der Waals surface area (Å²) in [6.45, 7) is 0. The molecule has 0 fully saturated rings. The van der Waals surface area contributed by atoms with Crippen molar-refractivity contribution in [1.29, 1.82) is 0 Å². The van der Waals surface area contributed by atoms with Crippen LogP contribution in [0.1, 0.15) is 0 Å². The second kappa shape index (κ2) is 9.69. The summed E-state index contributed by atoms with van der Waals surface area (Å²) in [6.07, 6.45) is 0. The monoisotopic (exact) mass is 555 g/mol. The van der Waals surface area contributed by atoms with Crippen LogP contribution in [0.3, 0.4) is 0 Å². The zero-order chi connectivity index (χ0) is 22.6. The Hall–Kier alpha value is -3.28. The Kier molecular flexibility index (Phi) is 6.33. The van der Waals surface area contributed by atoms with Crippen LogP contribution in [0.2, 0.25) is 0 Å². The molecule has 0 saturated heterocycles. The molecule has 0 amide bonds. The minimum atomic E-state index is 0.768. The maximum atomic E-state index is 4.73. The maximum Gasteiger partial charge on any atom is 0.140 e. The van der Waals surface area contributed by atoms with Crippen molar-refractivity contribution in [2.75, 3.05) is 4.90 Å². The van der Waals surface area contributed by atoms with Crippen LogP contribution in [0.4, 0.5) is 17.3 Å². The molecule has 0 spiro atoms. The Labute approximate surface area is 210 Å². The van der Waals surface area contributed by atoms with Crippen molar-refractivity contribution >= 4 is 49.2 Å². The molecular formula is C28H19Br2N3. The molecule has 5 aromatic rings. The van der Waals surface area contributed by atoms with Gasteiger partial charge < -0.3 is 0 Å². The van der Waals surface area contributed by atoms with Gasteiger partial charge in [0, 0.05) is 5.56 Å². The molecule has 5 heteroatoms. The van der Waals surface area contributed by atoms with Gasteiger partial charge in [0.2, 0.25) is 0 Å². The zero-order valence-corrected chi connectivity index (χ0v) is 20.7. The predicted octanol–water partition coefficient (Wildman–Crippen LogP) is 8.81. The number of rotatable bonds is 5. The van der Waals surface area contributed by atoms with Gasteiger partial charge >= 0.3 is 0 Å². The number of hydrogen-bond donors (Lipinski definition) is 0. The van der Waals surface area contributed by atoms with Gasteiger partial charge in [-0.25, -0.2) is 9.97 Å². The summed E-state index contributed by atoms with van der Waals surface area (Å²) in [6, 6.07) is 39.2. The first-order valence-electron chi connectivity index (χ1n) is 10.5. The van der Waals surface area contributed by atoms with E-state index in [4.69, 9.17) is 9.97 Å². The van der Waals surface area contributed by atoms with Crippen LogP contribution < -0.4 is 4.90 Å². The van der Waals surface area contributed by atoms with Gasteiger partial charge in [0.1, 0.15) is 20.8 Å². The highest BCUT2D eigenvalue weighted by atomic mass is 79.9. The van der Waals surface area contributed by atoms with Crippen molar-refractivity contribution in [3.05, 3.63) is 124 Å². The van der Waals surface area contributed by atoms with Gasteiger partial charge in [-0.05, 0) is 78.9 Å². The van der Waals surface area contributed by atoms with E-state index in [1.165, 1.54) is 11.1 Å². The largest absolute Gasteiger partial charge is 0.278 e. The molecule has 0 aliphatic carbocycles. The van der Waals surface area contributed by atoms with E-state index < -0.39 is 0 Å². The summed E-state index contributed by atoms with van der Waals surface area (Å²) in [5.74, 6) is 1.56. The summed E-state index contributed by atoms with van der Waals surface area (Å²) in [5, 5.41) is 0. The topological polar surface area (TPSA) is 29.0 Å². The Bertz CT molecular complexity index is 1340. The third-order valence-electron chi connectivity index (χ3n) is 5.31. The normalized spacial score (nSPS) is 10.7. The smallest absolute Gasteiger partial charge is 0.140 e. The molecule has 2 aromatic heterocycles. The van der Waals surface area contributed by atoms with Gasteiger partial charge in [-0.1, -0.05) is 84.9 Å². The van der Waals surface area contributed by atoms with Gasteiger partial charge in [-0.15, -0.1) is 0 Å². The number of anilines is 3. The van der Waals surface area contributed by atoms with Crippen LogP contribution in [-0.2, 0) is 0 Å². The molecule has 2 heterocycles. The molecule has 0 aliphatic heterocycles. The maximum absolute atomic E-state index is 4.73. The Morgan fingerprint density at radius 1 is 0.455 bits per heavy atom. The van der Waals surface area contributed by atoms with E-state index in [1.807, 2.05) is 48.5 Å². The average molecular weight is 557 g/mol. The molecule has 0 bridgehead atoms. The number of halogens is 2. The van der Waals surface area contributed by atoms with Crippen LogP contribution in [0, 0.1) is 0 Å². The first kappa shape index (κ1) is 21.6. The summed E-state index contributed by atoms with van der Waals surface area (Å²) in [5.41, 5.74) is 5.62. The van der Waals surface area contributed by atoms with Crippen molar-refractivity contribution in [1.82, 2.24) is 9.97 Å². The Morgan fingerprint density at radius 3 is 1.58 bits per heavy atom. The van der Waals surface area contributed by atoms with Crippen molar-refractivity contribution in [2.45, 2.75) is 0 Å². The van der Waals surface area contributed by atoms with Gasteiger partial charge in [-0.3, -0.25) is 4.90 Å². The lowest BCUT2D eigenvalue weighted by Crippen LogP contribution is -2.14. The zero-order valence-electron chi connectivity index (χ0n) is 17.6. The molecule has 160 valence electrons. The fraction of sp³-hybridized carbons (Fsp3) is 0. The molecule has 33 heavy (non-hydrogen) atoms. The lowest BCUT2D eigenvalue weighted by Gasteiger charge is -2.26.